The number of ether oxygens (including phenoxy) is 2. The number of aromatic nitrogens is 1. The Morgan fingerprint density at radius 2 is 1.83 bits per heavy atom. The Kier molecular flexibility index (Phi) is 5.01. The van der Waals surface area contributed by atoms with Crippen LogP contribution in [-0.4, -0.2) is 18.7 Å². The number of methoxy groups -OCH3 is 1. The predicted molar refractivity (Wildman–Crippen MR) is 92.4 cm³/mol. The number of rotatable bonds is 7. The molecule has 3 rings (SSSR count). The minimum absolute atomic E-state index is 0.354. The van der Waals surface area contributed by atoms with Gasteiger partial charge in [-0.3, -0.25) is 0 Å². The highest BCUT2D eigenvalue weighted by Crippen LogP contribution is 2.20. The number of hydrogen-bond donors (Lipinski definition) is 1. The molecule has 0 aliphatic carbocycles. The van der Waals surface area contributed by atoms with E-state index in [0.717, 1.165) is 22.8 Å². The molecule has 0 fully saturated rings. The minimum atomic E-state index is 0.354. The Hall–Kier alpha value is -2.95. The van der Waals surface area contributed by atoms with Crippen molar-refractivity contribution in [1.82, 2.24) is 4.98 Å². The summed E-state index contributed by atoms with van der Waals surface area (Å²) in [4.78, 5) is 4.48. The number of oxazole rings is 1. The first kappa shape index (κ1) is 15.9. The monoisotopic (exact) mass is 324 g/mol. The molecule has 1 aromatic heterocycles. The van der Waals surface area contributed by atoms with E-state index in [9.17, 15) is 0 Å². The molecule has 0 aliphatic rings. The molecule has 5 heteroatoms. The second-order valence-electron chi connectivity index (χ2n) is 5.36. The van der Waals surface area contributed by atoms with Crippen LogP contribution in [0.3, 0.4) is 0 Å². The first-order chi connectivity index (χ1) is 11.7. The first-order valence-electron chi connectivity index (χ1n) is 7.79. The van der Waals surface area contributed by atoms with Crippen molar-refractivity contribution in [3.8, 4) is 11.5 Å². The van der Waals surface area contributed by atoms with Gasteiger partial charge in [-0.1, -0.05) is 30.3 Å². The summed E-state index contributed by atoms with van der Waals surface area (Å²) >= 11 is 0. The van der Waals surface area contributed by atoms with Gasteiger partial charge < -0.3 is 19.6 Å². The fourth-order valence-electron chi connectivity index (χ4n) is 2.40. The van der Waals surface area contributed by atoms with Gasteiger partial charge in [-0.2, -0.15) is 0 Å². The summed E-state index contributed by atoms with van der Waals surface area (Å²) in [6.07, 6.45) is 1.17. The van der Waals surface area contributed by atoms with Gasteiger partial charge in [0.05, 0.1) is 20.1 Å². The molecular weight excluding hydrogens is 304 g/mol. The molecule has 5 nitrogen and oxygen atoms in total. The Morgan fingerprint density at radius 3 is 2.62 bits per heavy atom. The Morgan fingerprint density at radius 1 is 1.04 bits per heavy atom. The summed E-state index contributed by atoms with van der Waals surface area (Å²) in [7, 11) is 1.65. The molecule has 124 valence electrons. The van der Waals surface area contributed by atoms with Crippen LogP contribution in [0.4, 0.5) is 5.88 Å². The molecule has 0 spiro atoms. The van der Waals surface area contributed by atoms with Gasteiger partial charge in [0.15, 0.2) is 0 Å². The molecule has 24 heavy (non-hydrogen) atoms. The zero-order chi connectivity index (χ0) is 16.8. The molecular formula is C19H20N2O3. The first-order valence-corrected chi connectivity index (χ1v) is 7.79. The Balaban J connectivity index is 1.60. The fourth-order valence-corrected chi connectivity index (χ4v) is 2.40. The minimum Gasteiger partial charge on any atom is -0.497 e. The van der Waals surface area contributed by atoms with E-state index >= 15 is 0 Å². The van der Waals surface area contributed by atoms with Crippen molar-refractivity contribution in [3.63, 3.8) is 0 Å². The molecule has 0 aliphatic heterocycles. The van der Waals surface area contributed by atoms with Gasteiger partial charge in [0.1, 0.15) is 17.2 Å². The van der Waals surface area contributed by atoms with E-state index < -0.39 is 0 Å². The maximum absolute atomic E-state index is 5.94. The SMILES string of the molecule is COc1cccc(Cc2nc(CCOc3ccccc3)oc2N)c1. The van der Waals surface area contributed by atoms with Crippen LogP contribution in [0.2, 0.25) is 0 Å². The Bertz CT molecular complexity index is 784. The second-order valence-corrected chi connectivity index (χ2v) is 5.36. The summed E-state index contributed by atoms with van der Waals surface area (Å²) in [5.74, 6) is 2.58. The van der Waals surface area contributed by atoms with E-state index in [4.69, 9.17) is 19.6 Å². The summed E-state index contributed by atoms with van der Waals surface area (Å²) in [6, 6.07) is 17.5. The lowest BCUT2D eigenvalue weighted by Crippen LogP contribution is -2.01. The molecule has 0 radical (unpaired) electrons. The van der Waals surface area contributed by atoms with Gasteiger partial charge in [0, 0.05) is 6.42 Å². The summed E-state index contributed by atoms with van der Waals surface area (Å²) in [5, 5.41) is 0. The van der Waals surface area contributed by atoms with Crippen molar-refractivity contribution in [1.29, 1.82) is 0 Å². The second kappa shape index (κ2) is 7.55. The van der Waals surface area contributed by atoms with Crippen molar-refractivity contribution in [2.45, 2.75) is 12.8 Å². The molecule has 0 bridgehead atoms. The quantitative estimate of drug-likeness (QED) is 0.720. The molecule has 0 saturated heterocycles. The van der Waals surface area contributed by atoms with E-state index in [0.29, 0.717) is 31.2 Å². The highest BCUT2D eigenvalue weighted by Gasteiger charge is 2.11. The van der Waals surface area contributed by atoms with Crippen LogP contribution >= 0.6 is 0 Å². The predicted octanol–water partition coefficient (Wildman–Crippen LogP) is 3.48. The van der Waals surface area contributed by atoms with E-state index in [1.807, 2.05) is 54.6 Å². The van der Waals surface area contributed by atoms with Crippen molar-refractivity contribution in [2.24, 2.45) is 0 Å². The fraction of sp³-hybridized carbons (Fsp3) is 0.211. The maximum Gasteiger partial charge on any atom is 0.214 e. The maximum atomic E-state index is 5.94. The zero-order valence-corrected chi connectivity index (χ0v) is 13.6. The highest BCUT2D eigenvalue weighted by atomic mass is 16.5. The molecule has 0 saturated carbocycles. The van der Waals surface area contributed by atoms with Crippen molar-refractivity contribution < 1.29 is 13.9 Å². The van der Waals surface area contributed by atoms with Crippen molar-refractivity contribution >= 4 is 5.88 Å². The summed E-state index contributed by atoms with van der Waals surface area (Å²) < 4.78 is 16.4. The number of nitrogen functional groups attached to an aromatic ring is 1. The highest BCUT2D eigenvalue weighted by molar-refractivity contribution is 5.38. The van der Waals surface area contributed by atoms with Gasteiger partial charge in [0.2, 0.25) is 11.8 Å². The molecule has 2 N–H and O–H groups in total. The molecule has 0 amide bonds. The third-order valence-corrected chi connectivity index (χ3v) is 3.61. The van der Waals surface area contributed by atoms with Gasteiger partial charge in [-0.05, 0) is 29.8 Å². The summed E-state index contributed by atoms with van der Waals surface area (Å²) in [6.45, 7) is 0.489. The van der Waals surface area contributed by atoms with Crippen LogP contribution in [-0.2, 0) is 12.8 Å². The normalized spacial score (nSPS) is 10.5. The van der Waals surface area contributed by atoms with Crippen molar-refractivity contribution in [2.75, 3.05) is 19.5 Å². The van der Waals surface area contributed by atoms with Crippen LogP contribution in [0.25, 0.3) is 0 Å². The number of benzene rings is 2. The van der Waals surface area contributed by atoms with Crippen LogP contribution < -0.4 is 15.2 Å². The molecule has 0 atom stereocenters. The topological polar surface area (TPSA) is 70.5 Å². The lowest BCUT2D eigenvalue weighted by molar-refractivity contribution is 0.307. The number of nitrogens with two attached hydrogens (primary N) is 1. The average molecular weight is 324 g/mol. The molecule has 2 aromatic carbocycles. The van der Waals surface area contributed by atoms with E-state index in [1.54, 1.807) is 7.11 Å². The van der Waals surface area contributed by atoms with Crippen LogP contribution in [0.1, 0.15) is 17.1 Å². The third-order valence-electron chi connectivity index (χ3n) is 3.61. The zero-order valence-electron chi connectivity index (χ0n) is 13.6. The van der Waals surface area contributed by atoms with E-state index in [-0.39, 0.29) is 0 Å². The Labute approximate surface area is 141 Å². The smallest absolute Gasteiger partial charge is 0.214 e. The van der Waals surface area contributed by atoms with Gasteiger partial charge in [-0.15, -0.1) is 0 Å². The number of para-hydroxylation sites is 1. The third kappa shape index (κ3) is 4.07. The van der Waals surface area contributed by atoms with Gasteiger partial charge in [0.25, 0.3) is 0 Å². The standard InChI is InChI=1S/C19H20N2O3/c1-22-16-9-5-6-14(12-16)13-17-19(20)24-18(21-17)10-11-23-15-7-3-2-4-8-15/h2-9,12H,10-11,13,20H2,1H3. The van der Waals surface area contributed by atoms with Crippen molar-refractivity contribution in [3.05, 3.63) is 71.7 Å². The van der Waals surface area contributed by atoms with E-state index in [1.165, 1.54) is 0 Å². The summed E-state index contributed by atoms with van der Waals surface area (Å²) in [5.41, 5.74) is 7.75. The van der Waals surface area contributed by atoms with Crippen LogP contribution in [0.5, 0.6) is 11.5 Å². The number of hydrogen-bond acceptors (Lipinski definition) is 5. The number of anilines is 1. The number of nitrogens with zero attached hydrogens (tertiary/aromatic N) is 1. The molecule has 3 aromatic rings. The van der Waals surface area contributed by atoms with Gasteiger partial charge in [-0.25, -0.2) is 4.98 Å². The lowest BCUT2D eigenvalue weighted by Gasteiger charge is -2.03. The average Bonchev–Trinajstić information content (AvgIpc) is 2.95. The van der Waals surface area contributed by atoms with Crippen LogP contribution in [0, 0.1) is 0 Å². The molecule has 1 heterocycles. The van der Waals surface area contributed by atoms with Gasteiger partial charge >= 0.3 is 0 Å². The van der Waals surface area contributed by atoms with E-state index in [2.05, 4.69) is 4.98 Å². The largest absolute Gasteiger partial charge is 0.497 e. The van der Waals surface area contributed by atoms with Crippen LogP contribution in [0.15, 0.2) is 59.0 Å². The lowest BCUT2D eigenvalue weighted by atomic mass is 10.1. The molecule has 0 unspecified atom stereocenters.